The zero-order valence-corrected chi connectivity index (χ0v) is 7.62. The number of hydrogen-bond acceptors (Lipinski definition) is 3. The lowest BCUT2D eigenvalue weighted by molar-refractivity contribution is 0.174. The van der Waals surface area contributed by atoms with Crippen molar-refractivity contribution in [3.63, 3.8) is 0 Å². The first-order valence-electron chi connectivity index (χ1n) is 4.46. The SMILES string of the molecule is CC[C@H](N)c1ccc2c(c1)OCO2. The van der Waals surface area contributed by atoms with E-state index in [2.05, 4.69) is 6.92 Å². The quantitative estimate of drug-likeness (QED) is 0.753. The zero-order valence-electron chi connectivity index (χ0n) is 7.62. The van der Waals surface area contributed by atoms with Gasteiger partial charge in [0.2, 0.25) is 6.79 Å². The Bertz CT molecular complexity index is 312. The molecule has 2 N–H and O–H groups in total. The van der Waals surface area contributed by atoms with Crippen LogP contribution in [0.5, 0.6) is 11.5 Å². The van der Waals surface area contributed by atoms with Crippen LogP contribution in [-0.2, 0) is 0 Å². The minimum atomic E-state index is 0.0921. The summed E-state index contributed by atoms with van der Waals surface area (Å²) >= 11 is 0. The van der Waals surface area contributed by atoms with Crippen LogP contribution in [-0.4, -0.2) is 6.79 Å². The fraction of sp³-hybridized carbons (Fsp3) is 0.400. The van der Waals surface area contributed by atoms with E-state index in [9.17, 15) is 0 Å². The van der Waals surface area contributed by atoms with Gasteiger partial charge < -0.3 is 15.2 Å². The van der Waals surface area contributed by atoms with E-state index < -0.39 is 0 Å². The molecule has 1 atom stereocenters. The van der Waals surface area contributed by atoms with E-state index in [4.69, 9.17) is 15.2 Å². The van der Waals surface area contributed by atoms with Crippen LogP contribution < -0.4 is 15.2 Å². The van der Waals surface area contributed by atoms with Crippen LogP contribution in [0.1, 0.15) is 24.9 Å². The molecule has 0 aromatic heterocycles. The molecule has 0 spiro atoms. The van der Waals surface area contributed by atoms with Crippen LogP contribution in [0.2, 0.25) is 0 Å². The second-order valence-corrected chi connectivity index (χ2v) is 3.13. The van der Waals surface area contributed by atoms with E-state index in [0.29, 0.717) is 6.79 Å². The first kappa shape index (κ1) is 8.38. The van der Waals surface area contributed by atoms with E-state index in [1.807, 2.05) is 18.2 Å². The molecule has 0 saturated heterocycles. The molecule has 0 bridgehead atoms. The van der Waals surface area contributed by atoms with Crippen LogP contribution >= 0.6 is 0 Å². The minimum Gasteiger partial charge on any atom is -0.454 e. The Morgan fingerprint density at radius 2 is 2.15 bits per heavy atom. The van der Waals surface area contributed by atoms with Crippen molar-refractivity contribution in [3.8, 4) is 11.5 Å². The smallest absolute Gasteiger partial charge is 0.231 e. The molecule has 1 aromatic rings. The van der Waals surface area contributed by atoms with Gasteiger partial charge in [0.05, 0.1) is 0 Å². The third-order valence-electron chi connectivity index (χ3n) is 2.26. The average molecular weight is 179 g/mol. The van der Waals surface area contributed by atoms with Gasteiger partial charge in [-0.05, 0) is 24.1 Å². The summed E-state index contributed by atoms with van der Waals surface area (Å²) < 4.78 is 10.5. The predicted octanol–water partition coefficient (Wildman–Crippen LogP) is 1.83. The van der Waals surface area contributed by atoms with Crippen LogP contribution in [0.3, 0.4) is 0 Å². The highest BCUT2D eigenvalue weighted by atomic mass is 16.7. The molecule has 1 heterocycles. The number of fused-ring (bicyclic) bond motifs is 1. The summed E-state index contributed by atoms with van der Waals surface area (Å²) in [6, 6.07) is 5.94. The van der Waals surface area contributed by atoms with Crippen LogP contribution in [0, 0.1) is 0 Å². The topological polar surface area (TPSA) is 44.5 Å². The second kappa shape index (κ2) is 3.26. The van der Waals surface area contributed by atoms with Crippen molar-refractivity contribution in [2.24, 2.45) is 5.73 Å². The van der Waals surface area contributed by atoms with Crippen molar-refractivity contribution in [1.29, 1.82) is 0 Å². The van der Waals surface area contributed by atoms with Crippen molar-refractivity contribution in [1.82, 2.24) is 0 Å². The van der Waals surface area contributed by atoms with Gasteiger partial charge in [0, 0.05) is 6.04 Å². The first-order chi connectivity index (χ1) is 6.31. The van der Waals surface area contributed by atoms with Gasteiger partial charge in [-0.25, -0.2) is 0 Å². The maximum atomic E-state index is 5.89. The van der Waals surface area contributed by atoms with Gasteiger partial charge in [0.1, 0.15) is 0 Å². The van der Waals surface area contributed by atoms with Crippen molar-refractivity contribution in [2.45, 2.75) is 19.4 Å². The van der Waals surface area contributed by atoms with Crippen LogP contribution in [0.25, 0.3) is 0 Å². The highest BCUT2D eigenvalue weighted by Crippen LogP contribution is 2.34. The van der Waals surface area contributed by atoms with E-state index in [-0.39, 0.29) is 6.04 Å². The zero-order chi connectivity index (χ0) is 9.26. The summed E-state index contributed by atoms with van der Waals surface area (Å²) in [5.41, 5.74) is 7.00. The van der Waals surface area contributed by atoms with Crippen molar-refractivity contribution >= 4 is 0 Å². The molecule has 0 fully saturated rings. The summed E-state index contributed by atoms with van der Waals surface area (Å²) in [6.07, 6.45) is 0.930. The van der Waals surface area contributed by atoms with E-state index in [0.717, 1.165) is 23.5 Å². The van der Waals surface area contributed by atoms with Crippen molar-refractivity contribution in [2.75, 3.05) is 6.79 Å². The Labute approximate surface area is 77.5 Å². The van der Waals surface area contributed by atoms with Gasteiger partial charge in [0.15, 0.2) is 11.5 Å². The monoisotopic (exact) mass is 179 g/mol. The Morgan fingerprint density at radius 3 is 2.92 bits per heavy atom. The molecule has 13 heavy (non-hydrogen) atoms. The second-order valence-electron chi connectivity index (χ2n) is 3.13. The maximum Gasteiger partial charge on any atom is 0.231 e. The first-order valence-corrected chi connectivity index (χ1v) is 4.46. The molecule has 3 nitrogen and oxygen atoms in total. The predicted molar refractivity (Wildman–Crippen MR) is 49.8 cm³/mol. The number of hydrogen-bond donors (Lipinski definition) is 1. The van der Waals surface area contributed by atoms with Crippen molar-refractivity contribution < 1.29 is 9.47 Å². The van der Waals surface area contributed by atoms with Crippen LogP contribution in [0.4, 0.5) is 0 Å². The number of nitrogens with two attached hydrogens (primary N) is 1. The molecule has 1 aliphatic heterocycles. The van der Waals surface area contributed by atoms with Gasteiger partial charge in [0.25, 0.3) is 0 Å². The molecule has 1 aliphatic rings. The summed E-state index contributed by atoms with van der Waals surface area (Å²) in [7, 11) is 0. The highest BCUT2D eigenvalue weighted by molar-refractivity contribution is 5.45. The minimum absolute atomic E-state index is 0.0921. The van der Waals surface area contributed by atoms with Gasteiger partial charge in [-0.3, -0.25) is 0 Å². The fourth-order valence-electron chi connectivity index (χ4n) is 1.38. The van der Waals surface area contributed by atoms with E-state index >= 15 is 0 Å². The molecule has 0 aliphatic carbocycles. The fourth-order valence-corrected chi connectivity index (χ4v) is 1.38. The summed E-state index contributed by atoms with van der Waals surface area (Å²) in [6.45, 7) is 2.38. The Balaban J connectivity index is 2.30. The standard InChI is InChI=1S/C10H13NO2/c1-2-8(11)7-3-4-9-10(5-7)13-6-12-9/h3-5,8H,2,6,11H2,1H3/t8-/m0/s1. The molecular weight excluding hydrogens is 166 g/mol. The molecule has 0 amide bonds. The lowest BCUT2D eigenvalue weighted by Gasteiger charge is -2.09. The van der Waals surface area contributed by atoms with Crippen molar-refractivity contribution in [3.05, 3.63) is 23.8 Å². The molecule has 0 radical (unpaired) electrons. The molecule has 2 rings (SSSR count). The molecule has 3 heteroatoms. The maximum absolute atomic E-state index is 5.89. The average Bonchev–Trinajstić information content (AvgIpc) is 2.63. The Hall–Kier alpha value is -1.22. The molecule has 70 valence electrons. The van der Waals surface area contributed by atoms with Crippen LogP contribution in [0.15, 0.2) is 18.2 Å². The molecule has 1 aromatic carbocycles. The van der Waals surface area contributed by atoms with E-state index in [1.54, 1.807) is 0 Å². The third kappa shape index (κ3) is 1.47. The van der Waals surface area contributed by atoms with Gasteiger partial charge in [-0.15, -0.1) is 0 Å². The molecule has 0 saturated carbocycles. The third-order valence-corrected chi connectivity index (χ3v) is 2.26. The Morgan fingerprint density at radius 1 is 1.38 bits per heavy atom. The Kier molecular flexibility index (Phi) is 2.10. The summed E-state index contributed by atoms with van der Waals surface area (Å²) in [5, 5.41) is 0. The lowest BCUT2D eigenvalue weighted by atomic mass is 10.1. The highest BCUT2D eigenvalue weighted by Gasteiger charge is 2.14. The molecular formula is C10H13NO2. The number of rotatable bonds is 2. The van der Waals surface area contributed by atoms with Gasteiger partial charge in [-0.1, -0.05) is 13.0 Å². The number of benzene rings is 1. The largest absolute Gasteiger partial charge is 0.454 e. The molecule has 0 unspecified atom stereocenters. The normalized spacial score (nSPS) is 15.8. The van der Waals surface area contributed by atoms with E-state index in [1.165, 1.54) is 0 Å². The van der Waals surface area contributed by atoms with Gasteiger partial charge in [-0.2, -0.15) is 0 Å². The summed E-state index contributed by atoms with van der Waals surface area (Å²) in [4.78, 5) is 0. The summed E-state index contributed by atoms with van der Waals surface area (Å²) in [5.74, 6) is 1.62. The van der Waals surface area contributed by atoms with Gasteiger partial charge >= 0.3 is 0 Å². The number of ether oxygens (including phenoxy) is 2. The lowest BCUT2D eigenvalue weighted by Crippen LogP contribution is -2.08.